The summed E-state index contributed by atoms with van der Waals surface area (Å²) in [4.78, 5) is 4.54. The average molecular weight is 265 g/mol. The van der Waals surface area contributed by atoms with Crippen LogP contribution in [0.15, 0.2) is 29.3 Å². The SMILES string of the molecule is Clc1cccc(CC2CN=C(C3CCNC3)O2)c1. The van der Waals surface area contributed by atoms with E-state index in [0.717, 1.165) is 43.4 Å². The first-order chi connectivity index (χ1) is 8.81. The average Bonchev–Trinajstić information content (AvgIpc) is 2.98. The predicted molar refractivity (Wildman–Crippen MR) is 73.3 cm³/mol. The summed E-state index contributed by atoms with van der Waals surface area (Å²) in [5.74, 6) is 1.43. The van der Waals surface area contributed by atoms with Gasteiger partial charge in [-0.15, -0.1) is 0 Å². The molecule has 0 saturated carbocycles. The molecule has 1 saturated heterocycles. The molecule has 0 aromatic heterocycles. The molecule has 0 aliphatic carbocycles. The van der Waals surface area contributed by atoms with Crippen molar-refractivity contribution in [3.05, 3.63) is 34.9 Å². The quantitative estimate of drug-likeness (QED) is 0.909. The van der Waals surface area contributed by atoms with Gasteiger partial charge in [0.1, 0.15) is 6.10 Å². The largest absolute Gasteiger partial charge is 0.475 e. The zero-order chi connectivity index (χ0) is 12.4. The van der Waals surface area contributed by atoms with E-state index in [-0.39, 0.29) is 6.10 Å². The highest BCUT2D eigenvalue weighted by Crippen LogP contribution is 2.20. The number of nitrogens with one attached hydrogen (secondary N) is 1. The summed E-state index contributed by atoms with van der Waals surface area (Å²) in [6.07, 6.45) is 2.20. The second kappa shape index (κ2) is 5.29. The minimum absolute atomic E-state index is 0.180. The first kappa shape index (κ1) is 12.0. The van der Waals surface area contributed by atoms with E-state index < -0.39 is 0 Å². The molecule has 1 fully saturated rings. The summed E-state index contributed by atoms with van der Waals surface area (Å²) < 4.78 is 5.96. The van der Waals surface area contributed by atoms with Crippen molar-refractivity contribution in [3.63, 3.8) is 0 Å². The summed E-state index contributed by atoms with van der Waals surface area (Å²) in [7, 11) is 0. The van der Waals surface area contributed by atoms with Crippen LogP contribution in [-0.4, -0.2) is 31.6 Å². The van der Waals surface area contributed by atoms with E-state index in [1.165, 1.54) is 5.56 Å². The van der Waals surface area contributed by atoms with Crippen LogP contribution < -0.4 is 5.32 Å². The molecule has 1 N–H and O–H groups in total. The van der Waals surface area contributed by atoms with Gasteiger partial charge in [0.2, 0.25) is 0 Å². The normalized spacial score (nSPS) is 27.1. The van der Waals surface area contributed by atoms with Crippen LogP contribution in [0.2, 0.25) is 5.02 Å². The van der Waals surface area contributed by atoms with Gasteiger partial charge >= 0.3 is 0 Å². The van der Waals surface area contributed by atoms with Gasteiger partial charge in [0.05, 0.1) is 6.54 Å². The lowest BCUT2D eigenvalue weighted by molar-refractivity contribution is 0.212. The lowest BCUT2D eigenvalue weighted by atomic mass is 10.1. The van der Waals surface area contributed by atoms with Crippen molar-refractivity contribution in [1.29, 1.82) is 0 Å². The number of aliphatic imine (C=N–C) groups is 1. The van der Waals surface area contributed by atoms with Crippen LogP contribution >= 0.6 is 11.6 Å². The van der Waals surface area contributed by atoms with Gasteiger partial charge in [-0.3, -0.25) is 4.99 Å². The molecule has 2 heterocycles. The van der Waals surface area contributed by atoms with Crippen molar-refractivity contribution in [1.82, 2.24) is 5.32 Å². The van der Waals surface area contributed by atoms with Crippen molar-refractivity contribution >= 4 is 17.5 Å². The molecule has 1 aromatic rings. The smallest absolute Gasteiger partial charge is 0.188 e. The molecule has 0 bridgehead atoms. The summed E-state index contributed by atoms with van der Waals surface area (Å²) in [5.41, 5.74) is 1.22. The molecule has 3 rings (SSSR count). The van der Waals surface area contributed by atoms with Crippen LogP contribution in [0.5, 0.6) is 0 Å². The lowest BCUT2D eigenvalue weighted by Crippen LogP contribution is -2.22. The first-order valence-corrected chi connectivity index (χ1v) is 6.85. The number of hydrogen-bond acceptors (Lipinski definition) is 3. The zero-order valence-corrected chi connectivity index (χ0v) is 11.0. The highest BCUT2D eigenvalue weighted by Gasteiger charge is 2.28. The summed E-state index contributed by atoms with van der Waals surface area (Å²) in [5, 5.41) is 4.13. The van der Waals surface area contributed by atoms with Gasteiger partial charge in [-0.1, -0.05) is 23.7 Å². The summed E-state index contributed by atoms with van der Waals surface area (Å²) >= 11 is 5.98. The van der Waals surface area contributed by atoms with Crippen LogP contribution in [0.1, 0.15) is 12.0 Å². The molecule has 0 amide bonds. The van der Waals surface area contributed by atoms with E-state index in [9.17, 15) is 0 Å². The number of rotatable bonds is 3. The zero-order valence-electron chi connectivity index (χ0n) is 10.2. The van der Waals surface area contributed by atoms with Crippen LogP contribution in [0, 0.1) is 5.92 Å². The van der Waals surface area contributed by atoms with Crippen LogP contribution in [0.25, 0.3) is 0 Å². The number of nitrogens with zero attached hydrogens (tertiary/aromatic N) is 1. The Morgan fingerprint density at radius 3 is 3.17 bits per heavy atom. The molecule has 0 spiro atoms. The Morgan fingerprint density at radius 2 is 2.39 bits per heavy atom. The highest BCUT2D eigenvalue weighted by molar-refractivity contribution is 6.30. The minimum atomic E-state index is 0.180. The first-order valence-electron chi connectivity index (χ1n) is 6.47. The number of hydrogen-bond donors (Lipinski definition) is 1. The maximum absolute atomic E-state index is 5.98. The highest BCUT2D eigenvalue weighted by atomic mass is 35.5. The number of halogens is 1. The Balaban J connectivity index is 1.57. The van der Waals surface area contributed by atoms with Crippen LogP contribution in [-0.2, 0) is 11.2 Å². The van der Waals surface area contributed by atoms with Crippen molar-refractivity contribution in [2.24, 2.45) is 10.9 Å². The molecule has 2 atom stereocenters. The maximum atomic E-state index is 5.98. The second-order valence-electron chi connectivity index (χ2n) is 4.94. The maximum Gasteiger partial charge on any atom is 0.188 e. The lowest BCUT2D eigenvalue weighted by Gasteiger charge is -2.14. The van der Waals surface area contributed by atoms with E-state index >= 15 is 0 Å². The summed E-state index contributed by atoms with van der Waals surface area (Å²) in [6.45, 7) is 2.85. The van der Waals surface area contributed by atoms with Gasteiger partial charge in [-0.25, -0.2) is 0 Å². The number of benzene rings is 1. The molecule has 0 radical (unpaired) electrons. The topological polar surface area (TPSA) is 33.6 Å². The predicted octanol–water partition coefficient (Wildman–Crippen LogP) is 2.29. The van der Waals surface area contributed by atoms with Crippen molar-refractivity contribution in [2.75, 3.05) is 19.6 Å². The van der Waals surface area contributed by atoms with Crippen molar-refractivity contribution in [2.45, 2.75) is 18.9 Å². The summed E-state index contributed by atoms with van der Waals surface area (Å²) in [6, 6.07) is 7.96. The minimum Gasteiger partial charge on any atom is -0.475 e. The second-order valence-corrected chi connectivity index (χ2v) is 5.38. The van der Waals surface area contributed by atoms with Crippen molar-refractivity contribution in [3.8, 4) is 0 Å². The fraction of sp³-hybridized carbons (Fsp3) is 0.500. The van der Waals surface area contributed by atoms with E-state index in [4.69, 9.17) is 16.3 Å². The van der Waals surface area contributed by atoms with Gasteiger partial charge in [-0.05, 0) is 30.7 Å². The Labute approximate surface area is 112 Å². The van der Waals surface area contributed by atoms with Crippen LogP contribution in [0.4, 0.5) is 0 Å². The molecule has 4 heteroatoms. The van der Waals surface area contributed by atoms with Crippen LogP contribution in [0.3, 0.4) is 0 Å². The standard InChI is InChI=1S/C14H17ClN2O/c15-12-3-1-2-10(6-12)7-13-9-17-14(18-13)11-4-5-16-8-11/h1-3,6,11,13,16H,4-5,7-9H2. The van der Waals surface area contributed by atoms with Gasteiger partial charge in [0, 0.05) is 23.9 Å². The Morgan fingerprint density at radius 1 is 1.44 bits per heavy atom. The van der Waals surface area contributed by atoms with Gasteiger partial charge in [0.25, 0.3) is 0 Å². The number of ether oxygens (including phenoxy) is 1. The third-order valence-electron chi connectivity index (χ3n) is 3.50. The monoisotopic (exact) mass is 264 g/mol. The van der Waals surface area contributed by atoms with Gasteiger partial charge < -0.3 is 10.1 Å². The van der Waals surface area contributed by atoms with Gasteiger partial charge in [-0.2, -0.15) is 0 Å². The van der Waals surface area contributed by atoms with Crippen molar-refractivity contribution < 1.29 is 4.74 Å². The molecule has 18 heavy (non-hydrogen) atoms. The molecule has 2 aliphatic rings. The molecular weight excluding hydrogens is 248 g/mol. The Kier molecular flexibility index (Phi) is 3.52. The van der Waals surface area contributed by atoms with E-state index in [0.29, 0.717) is 5.92 Å². The molecular formula is C14H17ClN2O. The van der Waals surface area contributed by atoms with Gasteiger partial charge in [0.15, 0.2) is 5.90 Å². The van der Waals surface area contributed by atoms with E-state index in [1.54, 1.807) is 0 Å². The Bertz CT molecular complexity index is 455. The van der Waals surface area contributed by atoms with E-state index in [2.05, 4.69) is 16.4 Å². The third kappa shape index (κ3) is 2.68. The molecule has 2 aliphatic heterocycles. The fourth-order valence-electron chi connectivity index (χ4n) is 2.56. The molecule has 1 aromatic carbocycles. The fourth-order valence-corrected chi connectivity index (χ4v) is 2.77. The molecule has 96 valence electrons. The van der Waals surface area contributed by atoms with E-state index in [1.807, 2.05) is 18.2 Å². The molecule has 2 unspecified atom stereocenters. The third-order valence-corrected chi connectivity index (χ3v) is 3.74. The Hall–Kier alpha value is -1.06. The molecule has 3 nitrogen and oxygen atoms in total.